The van der Waals surface area contributed by atoms with E-state index in [9.17, 15) is 4.79 Å². The molecule has 0 saturated heterocycles. The third-order valence-corrected chi connectivity index (χ3v) is 5.00. The average molecular weight is 291 g/mol. The van der Waals surface area contributed by atoms with Gasteiger partial charge in [0.05, 0.1) is 5.56 Å². The van der Waals surface area contributed by atoms with Crippen molar-refractivity contribution in [3.63, 3.8) is 0 Å². The SMILES string of the molecule is CC(C)Sc1ccccc1C(=O)NC1CCCCC1C. The Morgan fingerprint density at radius 2 is 1.95 bits per heavy atom. The van der Waals surface area contributed by atoms with E-state index in [1.165, 1.54) is 19.3 Å². The maximum atomic E-state index is 12.5. The minimum atomic E-state index is 0.0903. The maximum Gasteiger partial charge on any atom is 0.252 e. The number of nitrogens with one attached hydrogen (secondary N) is 1. The lowest BCUT2D eigenvalue weighted by molar-refractivity contribution is 0.0907. The summed E-state index contributed by atoms with van der Waals surface area (Å²) in [6, 6.07) is 8.28. The number of benzene rings is 1. The highest BCUT2D eigenvalue weighted by atomic mass is 32.2. The summed E-state index contributed by atoms with van der Waals surface area (Å²) in [6.07, 6.45) is 4.88. The lowest BCUT2D eigenvalue weighted by Crippen LogP contribution is -2.41. The van der Waals surface area contributed by atoms with E-state index < -0.39 is 0 Å². The average Bonchev–Trinajstić information content (AvgIpc) is 2.41. The predicted molar refractivity (Wildman–Crippen MR) is 86.3 cm³/mol. The minimum Gasteiger partial charge on any atom is -0.349 e. The topological polar surface area (TPSA) is 29.1 Å². The van der Waals surface area contributed by atoms with Crippen LogP contribution in [0.3, 0.4) is 0 Å². The van der Waals surface area contributed by atoms with E-state index in [0.29, 0.717) is 17.2 Å². The Labute approximate surface area is 126 Å². The van der Waals surface area contributed by atoms with E-state index in [1.807, 2.05) is 24.3 Å². The molecule has 1 aromatic carbocycles. The Morgan fingerprint density at radius 1 is 1.25 bits per heavy atom. The summed E-state index contributed by atoms with van der Waals surface area (Å²) < 4.78 is 0. The summed E-state index contributed by atoms with van der Waals surface area (Å²) in [4.78, 5) is 13.6. The molecule has 2 nitrogen and oxygen atoms in total. The van der Waals surface area contributed by atoms with Gasteiger partial charge in [-0.2, -0.15) is 0 Å². The van der Waals surface area contributed by atoms with Gasteiger partial charge in [-0.3, -0.25) is 4.79 Å². The fraction of sp³-hybridized carbons (Fsp3) is 0.588. The van der Waals surface area contributed by atoms with Gasteiger partial charge in [-0.25, -0.2) is 0 Å². The standard InChI is InChI=1S/C17H25NOS/c1-12(2)20-16-11-7-5-9-14(16)17(19)18-15-10-6-4-8-13(15)3/h5,7,9,11-13,15H,4,6,8,10H2,1-3H3,(H,18,19). The van der Waals surface area contributed by atoms with Gasteiger partial charge in [-0.05, 0) is 30.9 Å². The molecule has 20 heavy (non-hydrogen) atoms. The molecule has 1 aromatic rings. The zero-order valence-electron chi connectivity index (χ0n) is 12.7. The summed E-state index contributed by atoms with van der Waals surface area (Å²) in [6.45, 7) is 6.56. The van der Waals surface area contributed by atoms with Gasteiger partial charge in [0.2, 0.25) is 0 Å². The molecule has 0 bridgehead atoms. The lowest BCUT2D eigenvalue weighted by Gasteiger charge is -2.29. The van der Waals surface area contributed by atoms with Crippen molar-refractivity contribution in [2.75, 3.05) is 0 Å². The van der Waals surface area contributed by atoms with Gasteiger partial charge < -0.3 is 5.32 Å². The van der Waals surface area contributed by atoms with Crippen LogP contribution in [0, 0.1) is 5.92 Å². The van der Waals surface area contributed by atoms with Crippen LogP contribution in [0.2, 0.25) is 0 Å². The number of thioether (sulfide) groups is 1. The zero-order valence-corrected chi connectivity index (χ0v) is 13.5. The number of hydrogen-bond donors (Lipinski definition) is 1. The third-order valence-electron chi connectivity index (χ3n) is 3.92. The summed E-state index contributed by atoms with van der Waals surface area (Å²) >= 11 is 1.76. The fourth-order valence-electron chi connectivity index (χ4n) is 2.79. The second-order valence-electron chi connectivity index (χ2n) is 6.00. The summed E-state index contributed by atoms with van der Waals surface area (Å²) in [5, 5.41) is 3.73. The van der Waals surface area contributed by atoms with Crippen molar-refractivity contribution in [3.8, 4) is 0 Å². The Kier molecular flexibility index (Phi) is 5.53. The predicted octanol–water partition coefficient (Wildman–Crippen LogP) is 4.50. The first-order valence-electron chi connectivity index (χ1n) is 7.64. The van der Waals surface area contributed by atoms with Crippen LogP contribution in [0.4, 0.5) is 0 Å². The Hall–Kier alpha value is -0.960. The highest BCUT2D eigenvalue weighted by Crippen LogP contribution is 2.28. The molecular weight excluding hydrogens is 266 g/mol. The van der Waals surface area contributed by atoms with Crippen LogP contribution in [0.15, 0.2) is 29.2 Å². The second-order valence-corrected chi connectivity index (χ2v) is 7.62. The molecule has 0 spiro atoms. The van der Waals surface area contributed by atoms with Gasteiger partial charge in [0.25, 0.3) is 5.91 Å². The maximum absolute atomic E-state index is 12.5. The highest BCUT2D eigenvalue weighted by molar-refractivity contribution is 8.00. The normalized spacial score (nSPS) is 22.8. The molecule has 1 amide bonds. The number of rotatable bonds is 4. The summed E-state index contributed by atoms with van der Waals surface area (Å²) in [7, 11) is 0. The van der Waals surface area contributed by atoms with Gasteiger partial charge >= 0.3 is 0 Å². The van der Waals surface area contributed by atoms with E-state index in [4.69, 9.17) is 0 Å². The van der Waals surface area contributed by atoms with Crippen molar-refractivity contribution < 1.29 is 4.79 Å². The van der Waals surface area contributed by atoms with Crippen LogP contribution >= 0.6 is 11.8 Å². The number of carbonyl (C=O) groups is 1. The third kappa shape index (κ3) is 4.02. The first-order chi connectivity index (χ1) is 9.58. The summed E-state index contributed by atoms with van der Waals surface area (Å²) in [5.74, 6) is 0.685. The first-order valence-corrected chi connectivity index (χ1v) is 8.52. The Balaban J connectivity index is 2.08. The van der Waals surface area contributed by atoms with Gasteiger partial charge in [-0.1, -0.05) is 45.7 Å². The molecule has 1 saturated carbocycles. The van der Waals surface area contributed by atoms with Crippen molar-refractivity contribution in [2.24, 2.45) is 5.92 Å². The smallest absolute Gasteiger partial charge is 0.252 e. The second kappa shape index (κ2) is 7.16. The van der Waals surface area contributed by atoms with Crippen LogP contribution in [-0.4, -0.2) is 17.2 Å². The number of amides is 1. The summed E-state index contributed by atoms with van der Waals surface area (Å²) in [5.41, 5.74) is 0.823. The van der Waals surface area contributed by atoms with Crippen molar-refractivity contribution in [1.29, 1.82) is 0 Å². The number of carbonyl (C=O) groups excluding carboxylic acids is 1. The van der Waals surface area contributed by atoms with E-state index in [-0.39, 0.29) is 5.91 Å². The highest BCUT2D eigenvalue weighted by Gasteiger charge is 2.24. The van der Waals surface area contributed by atoms with Gasteiger partial charge in [-0.15, -0.1) is 11.8 Å². The Morgan fingerprint density at radius 3 is 2.65 bits per heavy atom. The molecule has 2 atom stereocenters. The van der Waals surface area contributed by atoms with E-state index >= 15 is 0 Å². The Bertz CT molecular complexity index is 458. The van der Waals surface area contributed by atoms with Crippen LogP contribution in [-0.2, 0) is 0 Å². The molecule has 1 aliphatic rings. The fourth-order valence-corrected chi connectivity index (χ4v) is 3.74. The first kappa shape index (κ1) is 15.4. The molecular formula is C17H25NOS. The molecule has 2 unspecified atom stereocenters. The van der Waals surface area contributed by atoms with Crippen LogP contribution in [0.5, 0.6) is 0 Å². The molecule has 110 valence electrons. The minimum absolute atomic E-state index is 0.0903. The van der Waals surface area contributed by atoms with Crippen molar-refractivity contribution >= 4 is 17.7 Å². The van der Waals surface area contributed by atoms with Gasteiger partial charge in [0, 0.05) is 16.2 Å². The van der Waals surface area contributed by atoms with Crippen LogP contribution in [0.1, 0.15) is 56.8 Å². The molecule has 0 heterocycles. The molecule has 0 aliphatic heterocycles. The molecule has 1 N–H and O–H groups in total. The molecule has 0 radical (unpaired) electrons. The van der Waals surface area contributed by atoms with Gasteiger partial charge in [0.1, 0.15) is 0 Å². The van der Waals surface area contributed by atoms with Crippen LogP contribution < -0.4 is 5.32 Å². The molecule has 1 aliphatic carbocycles. The van der Waals surface area contributed by atoms with Crippen LogP contribution in [0.25, 0.3) is 0 Å². The lowest BCUT2D eigenvalue weighted by atomic mass is 9.86. The van der Waals surface area contributed by atoms with Gasteiger partial charge in [0.15, 0.2) is 0 Å². The monoisotopic (exact) mass is 291 g/mol. The molecule has 2 rings (SSSR count). The molecule has 1 fully saturated rings. The van der Waals surface area contributed by atoms with Crippen molar-refractivity contribution in [1.82, 2.24) is 5.32 Å². The quantitative estimate of drug-likeness (QED) is 0.828. The molecule has 0 aromatic heterocycles. The van der Waals surface area contributed by atoms with Crippen molar-refractivity contribution in [2.45, 2.75) is 62.6 Å². The van der Waals surface area contributed by atoms with Crippen molar-refractivity contribution in [3.05, 3.63) is 29.8 Å². The van der Waals surface area contributed by atoms with E-state index in [1.54, 1.807) is 11.8 Å². The van der Waals surface area contributed by atoms with E-state index in [0.717, 1.165) is 16.9 Å². The zero-order chi connectivity index (χ0) is 14.5. The van der Waals surface area contributed by atoms with E-state index in [2.05, 4.69) is 26.1 Å². The largest absolute Gasteiger partial charge is 0.349 e. The number of hydrogen-bond acceptors (Lipinski definition) is 2. The molecule has 3 heteroatoms.